The van der Waals surface area contributed by atoms with Crippen LogP contribution in [-0.4, -0.2) is 11.6 Å². The molecule has 56 valence electrons. The van der Waals surface area contributed by atoms with Gasteiger partial charge in [-0.2, -0.15) is 5.26 Å². The lowest BCUT2D eigenvalue weighted by Gasteiger charge is -2.15. The molecule has 1 aliphatic rings. The fourth-order valence-electron chi connectivity index (χ4n) is 1.11. The Morgan fingerprint density at radius 1 is 1.82 bits per heavy atom. The molecule has 0 aromatic carbocycles. The van der Waals surface area contributed by atoms with Crippen LogP contribution >= 0.6 is 11.3 Å². The quantitative estimate of drug-likeness (QED) is 0.587. The van der Waals surface area contributed by atoms with Crippen LogP contribution in [0.3, 0.4) is 0 Å². The van der Waals surface area contributed by atoms with E-state index < -0.39 is 0 Å². The number of nitriles is 1. The standard InChI is InChI=1S/C7H6N2OS/c8-3-5-1-2-10-7-6(5)11-4-9-7/h4-5H,1-2H2/t5-/m0/s1. The van der Waals surface area contributed by atoms with E-state index in [-0.39, 0.29) is 5.92 Å². The maximum Gasteiger partial charge on any atom is 0.229 e. The van der Waals surface area contributed by atoms with Crippen molar-refractivity contribution in [2.75, 3.05) is 6.61 Å². The molecule has 1 atom stereocenters. The van der Waals surface area contributed by atoms with E-state index in [2.05, 4.69) is 11.1 Å². The van der Waals surface area contributed by atoms with Crippen molar-refractivity contribution in [1.82, 2.24) is 4.98 Å². The molecule has 0 bridgehead atoms. The Hall–Kier alpha value is -1.08. The molecule has 0 unspecified atom stereocenters. The third-order valence-electron chi connectivity index (χ3n) is 1.68. The van der Waals surface area contributed by atoms with Gasteiger partial charge in [-0.3, -0.25) is 0 Å². The molecule has 1 aliphatic heterocycles. The van der Waals surface area contributed by atoms with Gasteiger partial charge in [0.15, 0.2) is 0 Å². The van der Waals surface area contributed by atoms with E-state index in [9.17, 15) is 0 Å². The van der Waals surface area contributed by atoms with E-state index in [0.29, 0.717) is 12.5 Å². The van der Waals surface area contributed by atoms with Gasteiger partial charge in [0, 0.05) is 6.42 Å². The van der Waals surface area contributed by atoms with Crippen molar-refractivity contribution < 1.29 is 4.74 Å². The minimum atomic E-state index is 0.00579. The molecule has 0 saturated heterocycles. The van der Waals surface area contributed by atoms with Gasteiger partial charge in [-0.05, 0) is 0 Å². The Kier molecular flexibility index (Phi) is 1.51. The summed E-state index contributed by atoms with van der Waals surface area (Å²) in [5.74, 6) is 0.666. The van der Waals surface area contributed by atoms with E-state index in [1.807, 2.05) is 0 Å². The summed E-state index contributed by atoms with van der Waals surface area (Å²) in [6, 6.07) is 2.24. The summed E-state index contributed by atoms with van der Waals surface area (Å²) < 4.78 is 5.24. The first-order chi connectivity index (χ1) is 5.42. The molecule has 1 aromatic heterocycles. The number of nitrogens with zero attached hydrogens (tertiary/aromatic N) is 2. The molecule has 2 rings (SSSR count). The zero-order valence-corrected chi connectivity index (χ0v) is 6.60. The molecular formula is C7H6N2OS. The molecule has 2 heterocycles. The Morgan fingerprint density at radius 3 is 3.55 bits per heavy atom. The monoisotopic (exact) mass is 166 g/mol. The maximum absolute atomic E-state index is 8.73. The van der Waals surface area contributed by atoms with Crippen molar-refractivity contribution >= 4 is 11.3 Å². The highest BCUT2D eigenvalue weighted by atomic mass is 32.1. The predicted octanol–water partition coefficient (Wildman–Crippen LogP) is 1.53. The maximum atomic E-state index is 8.73. The van der Waals surface area contributed by atoms with Crippen molar-refractivity contribution in [2.24, 2.45) is 0 Å². The van der Waals surface area contributed by atoms with Crippen molar-refractivity contribution in [2.45, 2.75) is 12.3 Å². The van der Waals surface area contributed by atoms with Crippen molar-refractivity contribution in [3.63, 3.8) is 0 Å². The highest BCUT2D eigenvalue weighted by molar-refractivity contribution is 7.10. The average Bonchev–Trinajstić information content (AvgIpc) is 2.50. The summed E-state index contributed by atoms with van der Waals surface area (Å²) in [5.41, 5.74) is 1.72. The summed E-state index contributed by atoms with van der Waals surface area (Å²) >= 11 is 1.50. The van der Waals surface area contributed by atoms with Crippen molar-refractivity contribution in [1.29, 1.82) is 5.26 Å². The van der Waals surface area contributed by atoms with Gasteiger partial charge in [0.25, 0.3) is 0 Å². The normalized spacial score (nSPS) is 21.5. The average molecular weight is 166 g/mol. The molecule has 0 radical (unpaired) electrons. The second kappa shape index (κ2) is 2.51. The molecular weight excluding hydrogens is 160 g/mol. The number of thiazole rings is 1. The molecule has 11 heavy (non-hydrogen) atoms. The second-order valence-corrected chi connectivity index (χ2v) is 3.23. The Labute approximate surface area is 68.3 Å². The van der Waals surface area contributed by atoms with Crippen LogP contribution in [0.2, 0.25) is 0 Å². The van der Waals surface area contributed by atoms with Gasteiger partial charge in [0.05, 0.1) is 29.0 Å². The van der Waals surface area contributed by atoms with Gasteiger partial charge in [-0.15, -0.1) is 11.3 Å². The largest absolute Gasteiger partial charge is 0.477 e. The van der Waals surface area contributed by atoms with E-state index in [1.165, 1.54) is 11.3 Å². The third kappa shape index (κ3) is 0.976. The van der Waals surface area contributed by atoms with E-state index in [1.54, 1.807) is 5.51 Å². The fourth-order valence-corrected chi connectivity index (χ4v) is 1.92. The summed E-state index contributed by atoms with van der Waals surface area (Å²) in [4.78, 5) is 4.99. The lowest BCUT2D eigenvalue weighted by atomic mass is 10.1. The predicted molar refractivity (Wildman–Crippen MR) is 40.6 cm³/mol. The zero-order valence-electron chi connectivity index (χ0n) is 5.78. The molecule has 0 N–H and O–H groups in total. The minimum absolute atomic E-state index is 0.00579. The fraction of sp³-hybridized carbons (Fsp3) is 0.429. The number of fused-ring (bicyclic) bond motifs is 1. The van der Waals surface area contributed by atoms with Crippen molar-refractivity contribution in [3.8, 4) is 11.9 Å². The molecule has 1 aromatic rings. The lowest BCUT2D eigenvalue weighted by Crippen LogP contribution is -2.11. The van der Waals surface area contributed by atoms with Crippen LogP contribution in [0.25, 0.3) is 0 Å². The number of hydrogen-bond acceptors (Lipinski definition) is 4. The van der Waals surface area contributed by atoms with Crippen LogP contribution in [0, 0.1) is 11.3 Å². The minimum Gasteiger partial charge on any atom is -0.477 e. The zero-order chi connectivity index (χ0) is 7.68. The van der Waals surface area contributed by atoms with Gasteiger partial charge in [-0.25, -0.2) is 4.98 Å². The first kappa shape index (κ1) is 6.62. The highest BCUT2D eigenvalue weighted by Gasteiger charge is 2.23. The summed E-state index contributed by atoms with van der Waals surface area (Å²) in [6.07, 6.45) is 0.797. The molecule has 3 nitrogen and oxygen atoms in total. The molecule has 4 heteroatoms. The molecule has 0 amide bonds. The van der Waals surface area contributed by atoms with Crippen LogP contribution in [0.15, 0.2) is 5.51 Å². The summed E-state index contributed by atoms with van der Waals surface area (Å²) in [6.45, 7) is 0.620. The summed E-state index contributed by atoms with van der Waals surface area (Å²) in [7, 11) is 0. The topological polar surface area (TPSA) is 45.9 Å². The van der Waals surface area contributed by atoms with Crippen LogP contribution in [0.5, 0.6) is 5.88 Å². The second-order valence-electron chi connectivity index (χ2n) is 2.34. The molecule has 0 saturated carbocycles. The third-order valence-corrected chi connectivity index (χ3v) is 2.60. The Morgan fingerprint density at radius 2 is 2.73 bits per heavy atom. The first-order valence-corrected chi connectivity index (χ1v) is 4.25. The molecule has 0 aliphatic carbocycles. The summed E-state index contributed by atoms with van der Waals surface area (Å²) in [5, 5.41) is 8.73. The smallest absolute Gasteiger partial charge is 0.229 e. The van der Waals surface area contributed by atoms with Crippen LogP contribution in [0.1, 0.15) is 17.2 Å². The number of hydrogen-bond donors (Lipinski definition) is 0. The van der Waals surface area contributed by atoms with Gasteiger partial charge in [-0.1, -0.05) is 0 Å². The highest BCUT2D eigenvalue weighted by Crippen LogP contribution is 2.34. The van der Waals surface area contributed by atoms with E-state index in [0.717, 1.165) is 11.3 Å². The van der Waals surface area contributed by atoms with Gasteiger partial charge in [0.2, 0.25) is 5.88 Å². The number of ether oxygens (including phenoxy) is 1. The number of aromatic nitrogens is 1. The van der Waals surface area contributed by atoms with Gasteiger partial charge in [0.1, 0.15) is 0 Å². The van der Waals surface area contributed by atoms with Gasteiger partial charge >= 0.3 is 0 Å². The van der Waals surface area contributed by atoms with E-state index >= 15 is 0 Å². The molecule has 0 fully saturated rings. The SMILES string of the molecule is N#C[C@@H]1CCOc2ncsc21. The first-order valence-electron chi connectivity index (χ1n) is 3.37. The van der Waals surface area contributed by atoms with Crippen molar-refractivity contribution in [3.05, 3.63) is 10.4 Å². The van der Waals surface area contributed by atoms with Crippen LogP contribution in [-0.2, 0) is 0 Å². The van der Waals surface area contributed by atoms with Crippen LogP contribution in [0.4, 0.5) is 0 Å². The number of rotatable bonds is 0. The molecule has 0 spiro atoms. The Balaban J connectivity index is 2.41. The van der Waals surface area contributed by atoms with Crippen LogP contribution < -0.4 is 4.74 Å². The Bertz CT molecular complexity index is 302. The lowest BCUT2D eigenvalue weighted by molar-refractivity contribution is 0.273. The van der Waals surface area contributed by atoms with E-state index in [4.69, 9.17) is 10.00 Å². The van der Waals surface area contributed by atoms with Gasteiger partial charge < -0.3 is 4.74 Å².